The van der Waals surface area contributed by atoms with Gasteiger partial charge in [-0.2, -0.15) is 5.10 Å². The zero-order chi connectivity index (χ0) is 17.4. The van der Waals surface area contributed by atoms with Gasteiger partial charge in [-0.25, -0.2) is 5.43 Å². The van der Waals surface area contributed by atoms with E-state index in [1.807, 2.05) is 0 Å². The summed E-state index contributed by atoms with van der Waals surface area (Å²) in [6.07, 6.45) is 5.64. The second kappa shape index (κ2) is 8.90. The standard InChI is InChI=1S/C16H13Cl2N3O3/c17-12-4-3-11(14(18)8-12)9-20-21-16(23)10-19-15(22)6-5-13-2-1-7-24-13/h1-9H,10H2,(H,19,22)(H,21,23). The van der Waals surface area contributed by atoms with E-state index >= 15 is 0 Å². The molecule has 0 saturated heterocycles. The molecule has 2 amide bonds. The average molecular weight is 366 g/mol. The highest BCUT2D eigenvalue weighted by Crippen LogP contribution is 2.19. The Labute approximate surface area is 148 Å². The molecule has 124 valence electrons. The summed E-state index contributed by atoms with van der Waals surface area (Å²) >= 11 is 11.7. The van der Waals surface area contributed by atoms with E-state index in [1.165, 1.54) is 24.6 Å². The maximum absolute atomic E-state index is 11.6. The summed E-state index contributed by atoms with van der Waals surface area (Å²) in [7, 11) is 0. The molecular weight excluding hydrogens is 353 g/mol. The largest absolute Gasteiger partial charge is 0.465 e. The van der Waals surface area contributed by atoms with Crippen LogP contribution in [0.4, 0.5) is 0 Å². The van der Waals surface area contributed by atoms with Crippen molar-refractivity contribution in [2.75, 3.05) is 6.54 Å². The molecule has 24 heavy (non-hydrogen) atoms. The van der Waals surface area contributed by atoms with E-state index in [0.29, 0.717) is 21.4 Å². The number of hydrazone groups is 1. The molecule has 0 radical (unpaired) electrons. The van der Waals surface area contributed by atoms with Crippen LogP contribution in [0, 0.1) is 0 Å². The molecule has 2 aromatic rings. The minimum atomic E-state index is -0.476. The first-order chi connectivity index (χ1) is 11.5. The van der Waals surface area contributed by atoms with E-state index in [-0.39, 0.29) is 6.54 Å². The monoisotopic (exact) mass is 365 g/mol. The lowest BCUT2D eigenvalue weighted by atomic mass is 10.2. The van der Waals surface area contributed by atoms with E-state index in [4.69, 9.17) is 27.6 Å². The van der Waals surface area contributed by atoms with Crippen LogP contribution in [0.1, 0.15) is 11.3 Å². The fraction of sp³-hybridized carbons (Fsp3) is 0.0625. The van der Waals surface area contributed by atoms with Crippen LogP contribution in [-0.2, 0) is 9.59 Å². The van der Waals surface area contributed by atoms with Crippen LogP contribution >= 0.6 is 23.2 Å². The van der Waals surface area contributed by atoms with Crippen LogP contribution in [0.25, 0.3) is 6.08 Å². The van der Waals surface area contributed by atoms with Crippen LogP contribution in [0.5, 0.6) is 0 Å². The van der Waals surface area contributed by atoms with Gasteiger partial charge in [0.15, 0.2) is 0 Å². The third-order valence-electron chi connectivity index (χ3n) is 2.72. The number of hydrogen-bond acceptors (Lipinski definition) is 4. The maximum atomic E-state index is 11.6. The zero-order valence-electron chi connectivity index (χ0n) is 12.3. The van der Waals surface area contributed by atoms with E-state index < -0.39 is 11.8 Å². The summed E-state index contributed by atoms with van der Waals surface area (Å²) in [6, 6.07) is 8.30. The summed E-state index contributed by atoms with van der Waals surface area (Å²) in [5, 5.41) is 7.10. The smallest absolute Gasteiger partial charge is 0.259 e. The Bertz CT molecular complexity index is 771. The van der Waals surface area contributed by atoms with Crippen molar-refractivity contribution < 1.29 is 14.0 Å². The number of nitrogens with zero attached hydrogens (tertiary/aromatic N) is 1. The molecule has 2 N–H and O–H groups in total. The van der Waals surface area contributed by atoms with Gasteiger partial charge in [-0.1, -0.05) is 29.3 Å². The highest BCUT2D eigenvalue weighted by Gasteiger charge is 2.02. The van der Waals surface area contributed by atoms with Gasteiger partial charge in [0.2, 0.25) is 5.91 Å². The number of hydrogen-bond donors (Lipinski definition) is 2. The lowest BCUT2D eigenvalue weighted by molar-refractivity contribution is -0.123. The first-order valence-electron chi connectivity index (χ1n) is 6.81. The lowest BCUT2D eigenvalue weighted by Crippen LogP contribution is -2.34. The topological polar surface area (TPSA) is 83.7 Å². The first kappa shape index (κ1) is 17.8. The van der Waals surface area contributed by atoms with Crippen molar-refractivity contribution in [1.82, 2.24) is 10.7 Å². The Hall–Kier alpha value is -2.57. The molecule has 0 aliphatic rings. The van der Waals surface area contributed by atoms with Gasteiger partial charge in [-0.15, -0.1) is 0 Å². The van der Waals surface area contributed by atoms with Crippen LogP contribution in [0.3, 0.4) is 0 Å². The number of nitrogens with one attached hydrogen (secondary N) is 2. The van der Waals surface area contributed by atoms with Gasteiger partial charge in [0.1, 0.15) is 5.76 Å². The van der Waals surface area contributed by atoms with E-state index in [2.05, 4.69) is 15.8 Å². The summed E-state index contributed by atoms with van der Waals surface area (Å²) in [6.45, 7) is -0.215. The van der Waals surface area contributed by atoms with Gasteiger partial charge in [0, 0.05) is 16.7 Å². The van der Waals surface area contributed by atoms with Gasteiger partial charge < -0.3 is 9.73 Å². The minimum Gasteiger partial charge on any atom is -0.465 e. The second-order valence-corrected chi connectivity index (χ2v) is 5.37. The Morgan fingerprint density at radius 3 is 2.79 bits per heavy atom. The number of carbonyl (C=O) groups excluding carboxylic acids is 2. The van der Waals surface area contributed by atoms with E-state index in [9.17, 15) is 9.59 Å². The van der Waals surface area contributed by atoms with E-state index in [1.54, 1.807) is 30.3 Å². The van der Waals surface area contributed by atoms with Gasteiger partial charge in [-0.3, -0.25) is 9.59 Å². The van der Waals surface area contributed by atoms with E-state index in [0.717, 1.165) is 0 Å². The van der Waals surface area contributed by atoms with Crippen LogP contribution in [0.2, 0.25) is 10.0 Å². The van der Waals surface area contributed by atoms with Gasteiger partial charge >= 0.3 is 0 Å². The molecule has 8 heteroatoms. The highest BCUT2D eigenvalue weighted by molar-refractivity contribution is 6.36. The molecule has 0 unspecified atom stereocenters. The molecule has 6 nitrogen and oxygen atoms in total. The van der Waals surface area contributed by atoms with Crippen molar-refractivity contribution in [3.05, 3.63) is 64.0 Å². The summed E-state index contributed by atoms with van der Waals surface area (Å²) < 4.78 is 5.04. The van der Waals surface area contributed by atoms with Crippen molar-refractivity contribution in [1.29, 1.82) is 0 Å². The molecule has 0 saturated carbocycles. The molecule has 1 heterocycles. The van der Waals surface area contributed by atoms with Crippen LogP contribution in [-0.4, -0.2) is 24.6 Å². The summed E-state index contributed by atoms with van der Waals surface area (Å²) in [4.78, 5) is 23.1. The fourth-order valence-electron chi connectivity index (χ4n) is 1.59. The normalized spacial score (nSPS) is 11.1. The molecule has 0 aliphatic carbocycles. The molecule has 1 aromatic carbocycles. The summed E-state index contributed by atoms with van der Waals surface area (Å²) in [5.41, 5.74) is 2.88. The van der Waals surface area contributed by atoms with Crippen molar-refractivity contribution in [3.63, 3.8) is 0 Å². The number of furan rings is 1. The predicted molar refractivity (Wildman–Crippen MR) is 93.0 cm³/mol. The van der Waals surface area contributed by atoms with Crippen LogP contribution < -0.4 is 10.7 Å². The van der Waals surface area contributed by atoms with Crippen molar-refractivity contribution in [3.8, 4) is 0 Å². The number of halogens is 2. The van der Waals surface area contributed by atoms with Gasteiger partial charge in [-0.05, 0) is 30.3 Å². The fourth-order valence-corrected chi connectivity index (χ4v) is 2.05. The Balaban J connectivity index is 1.75. The Morgan fingerprint density at radius 1 is 1.25 bits per heavy atom. The molecule has 0 aliphatic heterocycles. The number of benzene rings is 1. The Morgan fingerprint density at radius 2 is 2.08 bits per heavy atom. The predicted octanol–water partition coefficient (Wildman–Crippen LogP) is 2.87. The van der Waals surface area contributed by atoms with Crippen molar-refractivity contribution >= 4 is 47.3 Å². The number of rotatable bonds is 6. The second-order valence-electron chi connectivity index (χ2n) is 4.53. The molecular formula is C16H13Cl2N3O3. The zero-order valence-corrected chi connectivity index (χ0v) is 13.8. The molecule has 0 atom stereocenters. The summed E-state index contributed by atoms with van der Waals surface area (Å²) in [5.74, 6) is -0.360. The SMILES string of the molecule is O=C(C=Cc1ccco1)NCC(=O)NN=Cc1ccc(Cl)cc1Cl. The quantitative estimate of drug-likeness (QED) is 0.469. The molecule has 1 aromatic heterocycles. The molecule has 0 bridgehead atoms. The van der Waals surface area contributed by atoms with Crippen molar-refractivity contribution in [2.45, 2.75) is 0 Å². The van der Waals surface area contributed by atoms with Crippen molar-refractivity contribution in [2.24, 2.45) is 5.10 Å². The third-order valence-corrected chi connectivity index (χ3v) is 3.28. The molecule has 0 spiro atoms. The highest BCUT2D eigenvalue weighted by atomic mass is 35.5. The van der Waals surface area contributed by atoms with Crippen LogP contribution in [0.15, 0.2) is 52.2 Å². The number of amides is 2. The average Bonchev–Trinajstić information content (AvgIpc) is 3.06. The molecule has 0 fully saturated rings. The number of carbonyl (C=O) groups is 2. The van der Waals surface area contributed by atoms with Gasteiger partial charge in [0.05, 0.1) is 24.0 Å². The van der Waals surface area contributed by atoms with Gasteiger partial charge in [0.25, 0.3) is 5.91 Å². The maximum Gasteiger partial charge on any atom is 0.259 e. The Kier molecular flexibility index (Phi) is 6.60. The first-order valence-corrected chi connectivity index (χ1v) is 7.56. The minimum absolute atomic E-state index is 0.215. The molecule has 2 rings (SSSR count). The third kappa shape index (κ3) is 5.91. The lowest BCUT2D eigenvalue weighted by Gasteiger charge is -2.01.